The summed E-state index contributed by atoms with van der Waals surface area (Å²) in [5, 5.41) is 3.68. The largest absolute Gasteiger partial charge is 0.379 e. The molecule has 1 aromatic rings. The molecule has 1 amide bonds. The van der Waals surface area contributed by atoms with E-state index < -0.39 is 0 Å². The number of methoxy groups -OCH3 is 1. The number of ether oxygens (including phenoxy) is 1. The Kier molecular flexibility index (Phi) is 4.49. The van der Waals surface area contributed by atoms with Gasteiger partial charge in [-0.25, -0.2) is 0 Å². The third-order valence-electron chi connectivity index (χ3n) is 3.26. The molecule has 1 aromatic carbocycles. The van der Waals surface area contributed by atoms with Gasteiger partial charge in [0.05, 0.1) is 27.8 Å². The topological polar surface area (TPSA) is 38.3 Å². The van der Waals surface area contributed by atoms with Crippen LogP contribution >= 0.6 is 23.2 Å². The number of nitrogens with one attached hydrogen (secondary N) is 1. The number of carbonyl (C=O) groups is 1. The van der Waals surface area contributed by atoms with Crippen molar-refractivity contribution < 1.29 is 9.53 Å². The second-order valence-corrected chi connectivity index (χ2v) is 5.20. The predicted molar refractivity (Wildman–Crippen MR) is 72.4 cm³/mol. The van der Waals surface area contributed by atoms with Gasteiger partial charge in [0.25, 0.3) is 5.91 Å². The molecule has 0 unspecified atom stereocenters. The molecule has 2 rings (SSSR count). The van der Waals surface area contributed by atoms with E-state index in [-0.39, 0.29) is 18.1 Å². The third kappa shape index (κ3) is 2.79. The molecule has 18 heavy (non-hydrogen) atoms. The summed E-state index contributed by atoms with van der Waals surface area (Å²) in [6.07, 6.45) is 3.03. The van der Waals surface area contributed by atoms with Crippen molar-refractivity contribution in [3.05, 3.63) is 33.8 Å². The smallest absolute Gasteiger partial charge is 0.254 e. The average Bonchev–Trinajstić information content (AvgIpc) is 2.76. The van der Waals surface area contributed by atoms with Gasteiger partial charge in [-0.05, 0) is 31.4 Å². The molecule has 3 nitrogen and oxygen atoms in total. The summed E-state index contributed by atoms with van der Waals surface area (Å²) < 4.78 is 5.34. The molecule has 2 atom stereocenters. The van der Waals surface area contributed by atoms with Crippen LogP contribution in [-0.4, -0.2) is 25.2 Å². The van der Waals surface area contributed by atoms with Crippen LogP contribution in [0.15, 0.2) is 18.2 Å². The van der Waals surface area contributed by atoms with Crippen molar-refractivity contribution in [2.24, 2.45) is 0 Å². The van der Waals surface area contributed by atoms with Gasteiger partial charge in [0.2, 0.25) is 0 Å². The highest BCUT2D eigenvalue weighted by atomic mass is 35.5. The molecule has 1 N–H and O–H groups in total. The van der Waals surface area contributed by atoms with E-state index in [1.54, 1.807) is 25.3 Å². The lowest BCUT2D eigenvalue weighted by Gasteiger charge is -2.20. The van der Waals surface area contributed by atoms with Gasteiger partial charge in [-0.3, -0.25) is 4.79 Å². The van der Waals surface area contributed by atoms with Crippen LogP contribution in [0.2, 0.25) is 10.0 Å². The Bertz CT molecular complexity index is 430. The normalized spacial score (nSPS) is 23.1. The van der Waals surface area contributed by atoms with Gasteiger partial charge in [0, 0.05) is 7.11 Å². The number of halogens is 2. The Morgan fingerprint density at radius 3 is 2.61 bits per heavy atom. The highest BCUT2D eigenvalue weighted by Gasteiger charge is 2.29. The second kappa shape index (κ2) is 5.91. The molecule has 1 saturated carbocycles. The van der Waals surface area contributed by atoms with Crippen LogP contribution in [0.1, 0.15) is 29.6 Å². The van der Waals surface area contributed by atoms with Crippen molar-refractivity contribution in [1.29, 1.82) is 0 Å². The first-order valence-electron chi connectivity index (χ1n) is 5.91. The lowest BCUT2D eigenvalue weighted by atomic mass is 10.1. The molecule has 0 aromatic heterocycles. The van der Waals surface area contributed by atoms with E-state index in [0.717, 1.165) is 19.3 Å². The molecule has 0 aliphatic heterocycles. The minimum atomic E-state index is -0.237. The Morgan fingerprint density at radius 1 is 1.33 bits per heavy atom. The molecule has 1 aliphatic rings. The van der Waals surface area contributed by atoms with E-state index in [0.29, 0.717) is 15.6 Å². The Morgan fingerprint density at radius 2 is 2.00 bits per heavy atom. The molecule has 0 heterocycles. The minimum Gasteiger partial charge on any atom is -0.379 e. The standard InChI is InChI=1S/C13H15Cl2NO2/c1-18-11-7-3-6-10(11)16-13(17)12-8(14)4-2-5-9(12)15/h2,4-5,10-11H,3,6-7H2,1H3,(H,16,17)/t10-,11-/m0/s1. The molecule has 0 spiro atoms. The van der Waals surface area contributed by atoms with Gasteiger partial charge in [-0.1, -0.05) is 29.3 Å². The summed E-state index contributed by atoms with van der Waals surface area (Å²) in [6, 6.07) is 5.07. The van der Waals surface area contributed by atoms with Gasteiger partial charge in [0.15, 0.2) is 0 Å². The number of hydrogen-bond acceptors (Lipinski definition) is 2. The maximum Gasteiger partial charge on any atom is 0.254 e. The average molecular weight is 288 g/mol. The number of rotatable bonds is 3. The number of benzene rings is 1. The number of hydrogen-bond donors (Lipinski definition) is 1. The molecular formula is C13H15Cl2NO2. The van der Waals surface area contributed by atoms with Crippen LogP contribution in [0.5, 0.6) is 0 Å². The predicted octanol–water partition coefficient (Wildman–Crippen LogP) is 3.29. The summed E-state index contributed by atoms with van der Waals surface area (Å²) >= 11 is 12.0. The molecule has 1 fully saturated rings. The molecule has 0 saturated heterocycles. The molecule has 0 bridgehead atoms. The van der Waals surface area contributed by atoms with Crippen LogP contribution in [0.4, 0.5) is 0 Å². The van der Waals surface area contributed by atoms with Crippen molar-refractivity contribution in [3.8, 4) is 0 Å². The maximum absolute atomic E-state index is 12.2. The van der Waals surface area contributed by atoms with Gasteiger partial charge in [-0.15, -0.1) is 0 Å². The van der Waals surface area contributed by atoms with Crippen molar-refractivity contribution >= 4 is 29.1 Å². The van der Waals surface area contributed by atoms with Crippen molar-refractivity contribution in [1.82, 2.24) is 5.32 Å². The first kappa shape index (κ1) is 13.7. The summed E-state index contributed by atoms with van der Waals surface area (Å²) in [5.41, 5.74) is 0.336. The van der Waals surface area contributed by atoms with Crippen molar-refractivity contribution in [2.45, 2.75) is 31.4 Å². The lowest BCUT2D eigenvalue weighted by Crippen LogP contribution is -2.40. The van der Waals surface area contributed by atoms with Crippen molar-refractivity contribution in [3.63, 3.8) is 0 Å². The highest BCUT2D eigenvalue weighted by molar-refractivity contribution is 6.39. The number of carbonyl (C=O) groups excluding carboxylic acids is 1. The maximum atomic E-state index is 12.2. The van der Waals surface area contributed by atoms with Gasteiger partial charge >= 0.3 is 0 Å². The minimum absolute atomic E-state index is 0.0369. The monoisotopic (exact) mass is 287 g/mol. The summed E-state index contributed by atoms with van der Waals surface area (Å²) in [6.45, 7) is 0. The summed E-state index contributed by atoms with van der Waals surface area (Å²) in [4.78, 5) is 12.2. The summed E-state index contributed by atoms with van der Waals surface area (Å²) in [5.74, 6) is -0.237. The zero-order valence-electron chi connectivity index (χ0n) is 10.1. The van der Waals surface area contributed by atoms with Crippen LogP contribution in [0, 0.1) is 0 Å². The molecule has 98 valence electrons. The first-order chi connectivity index (χ1) is 8.63. The van der Waals surface area contributed by atoms with E-state index in [4.69, 9.17) is 27.9 Å². The highest BCUT2D eigenvalue weighted by Crippen LogP contribution is 2.26. The Hall–Kier alpha value is -0.770. The van der Waals surface area contributed by atoms with E-state index in [1.807, 2.05) is 0 Å². The SMILES string of the molecule is CO[C@H]1CCC[C@@H]1NC(=O)c1c(Cl)cccc1Cl. The fourth-order valence-electron chi connectivity index (χ4n) is 2.33. The van der Waals surface area contributed by atoms with E-state index in [1.165, 1.54) is 0 Å². The molecule has 1 aliphatic carbocycles. The number of amides is 1. The molecule has 5 heteroatoms. The quantitative estimate of drug-likeness (QED) is 0.926. The van der Waals surface area contributed by atoms with Gasteiger partial charge < -0.3 is 10.1 Å². The van der Waals surface area contributed by atoms with E-state index in [9.17, 15) is 4.79 Å². The van der Waals surface area contributed by atoms with Crippen LogP contribution < -0.4 is 5.32 Å². The summed E-state index contributed by atoms with van der Waals surface area (Å²) in [7, 11) is 1.66. The zero-order chi connectivity index (χ0) is 13.1. The van der Waals surface area contributed by atoms with Gasteiger partial charge in [-0.2, -0.15) is 0 Å². The fourth-order valence-corrected chi connectivity index (χ4v) is 2.90. The second-order valence-electron chi connectivity index (χ2n) is 4.38. The zero-order valence-corrected chi connectivity index (χ0v) is 11.6. The van der Waals surface area contributed by atoms with E-state index in [2.05, 4.69) is 5.32 Å². The van der Waals surface area contributed by atoms with Crippen LogP contribution in [-0.2, 0) is 4.74 Å². The van der Waals surface area contributed by atoms with Crippen molar-refractivity contribution in [2.75, 3.05) is 7.11 Å². The van der Waals surface area contributed by atoms with E-state index >= 15 is 0 Å². The Labute approximate surface area is 116 Å². The fraction of sp³-hybridized carbons (Fsp3) is 0.462. The van der Waals surface area contributed by atoms with Crippen LogP contribution in [0.3, 0.4) is 0 Å². The van der Waals surface area contributed by atoms with Crippen LogP contribution in [0.25, 0.3) is 0 Å². The third-order valence-corrected chi connectivity index (χ3v) is 3.89. The molecular weight excluding hydrogens is 273 g/mol. The lowest BCUT2D eigenvalue weighted by molar-refractivity contribution is 0.0722. The van der Waals surface area contributed by atoms with Gasteiger partial charge in [0.1, 0.15) is 0 Å². The molecule has 0 radical (unpaired) electrons. The first-order valence-corrected chi connectivity index (χ1v) is 6.66. The Balaban J connectivity index is 2.12.